The minimum atomic E-state index is -0.245. The van der Waals surface area contributed by atoms with Gasteiger partial charge >= 0.3 is 0 Å². The van der Waals surface area contributed by atoms with Gasteiger partial charge in [0.15, 0.2) is 0 Å². The number of benzene rings is 1. The Balaban J connectivity index is 1.26. The third-order valence-electron chi connectivity index (χ3n) is 5.91. The van der Waals surface area contributed by atoms with Crippen LogP contribution in [0.15, 0.2) is 24.3 Å². The van der Waals surface area contributed by atoms with Gasteiger partial charge in [-0.1, -0.05) is 11.6 Å². The maximum Gasteiger partial charge on any atom is 0.244 e. The van der Waals surface area contributed by atoms with Crippen molar-refractivity contribution in [1.29, 1.82) is 0 Å². The fraction of sp³-hybridized carbons (Fsp3) is 0.579. The first-order valence-corrected chi connectivity index (χ1v) is 9.80. The van der Waals surface area contributed by atoms with Gasteiger partial charge in [0.05, 0.1) is 12.5 Å². The van der Waals surface area contributed by atoms with Crippen LogP contribution in [0.5, 0.6) is 0 Å². The van der Waals surface area contributed by atoms with Gasteiger partial charge in [-0.25, -0.2) is 0 Å². The van der Waals surface area contributed by atoms with Crippen LogP contribution in [-0.4, -0.2) is 73.0 Å². The minimum absolute atomic E-state index is 0.120. The molecule has 0 bridgehead atoms. The van der Waals surface area contributed by atoms with Crippen LogP contribution < -0.4 is 10.2 Å². The number of carbonyl (C=O) groups is 2. The van der Waals surface area contributed by atoms with Gasteiger partial charge in [-0.15, -0.1) is 0 Å². The predicted molar refractivity (Wildman–Crippen MR) is 101 cm³/mol. The van der Waals surface area contributed by atoms with Gasteiger partial charge in [0.1, 0.15) is 0 Å². The van der Waals surface area contributed by atoms with E-state index in [4.69, 9.17) is 11.6 Å². The van der Waals surface area contributed by atoms with Gasteiger partial charge in [-0.3, -0.25) is 24.7 Å². The fourth-order valence-electron chi connectivity index (χ4n) is 4.39. The standard InChI is InChI=1S/C19H25ClN4O2/c20-14-1-3-15(4-2-14)22-9-11-23(12-10-22)16-5-7-24(8-6-16)17-13-18(25)21-19(17)26/h1-4,16-17H,5-13H2,(H,21,25,26). The van der Waals surface area contributed by atoms with Crippen LogP contribution >= 0.6 is 11.6 Å². The Labute approximate surface area is 159 Å². The van der Waals surface area contributed by atoms with E-state index in [0.29, 0.717) is 12.5 Å². The second-order valence-corrected chi connectivity index (χ2v) is 7.84. The number of piperazine rings is 1. The highest BCUT2D eigenvalue weighted by atomic mass is 35.5. The summed E-state index contributed by atoms with van der Waals surface area (Å²) in [6, 6.07) is 8.41. The van der Waals surface area contributed by atoms with Crippen LogP contribution in [-0.2, 0) is 9.59 Å². The molecule has 0 radical (unpaired) electrons. The molecular weight excluding hydrogens is 352 g/mol. The van der Waals surface area contributed by atoms with Crippen molar-refractivity contribution in [3.63, 3.8) is 0 Å². The number of anilines is 1. The summed E-state index contributed by atoms with van der Waals surface area (Å²) in [5.74, 6) is -0.259. The van der Waals surface area contributed by atoms with Gasteiger partial charge in [0.25, 0.3) is 0 Å². The Morgan fingerprint density at radius 3 is 2.12 bits per heavy atom. The molecule has 1 unspecified atom stereocenters. The molecule has 0 spiro atoms. The summed E-state index contributed by atoms with van der Waals surface area (Å²) < 4.78 is 0. The molecule has 1 aromatic rings. The van der Waals surface area contributed by atoms with E-state index in [0.717, 1.165) is 57.1 Å². The highest BCUT2D eigenvalue weighted by Gasteiger charge is 2.37. The summed E-state index contributed by atoms with van der Waals surface area (Å²) in [6.07, 6.45) is 2.46. The minimum Gasteiger partial charge on any atom is -0.369 e. The zero-order valence-corrected chi connectivity index (χ0v) is 15.6. The maximum atomic E-state index is 11.9. The Morgan fingerprint density at radius 2 is 1.54 bits per heavy atom. The van der Waals surface area contributed by atoms with E-state index < -0.39 is 0 Å². The lowest BCUT2D eigenvalue weighted by Crippen LogP contribution is -2.54. The molecule has 3 saturated heterocycles. The van der Waals surface area contributed by atoms with Gasteiger partial charge < -0.3 is 4.90 Å². The SMILES string of the molecule is O=C1CC(N2CCC(N3CCN(c4ccc(Cl)cc4)CC3)CC2)C(=O)N1. The number of nitrogens with zero attached hydrogens (tertiary/aromatic N) is 3. The van der Waals surface area contributed by atoms with Crippen molar-refractivity contribution in [3.05, 3.63) is 29.3 Å². The second-order valence-electron chi connectivity index (χ2n) is 7.40. The molecule has 3 fully saturated rings. The molecule has 3 aliphatic heterocycles. The molecule has 2 amide bonds. The van der Waals surface area contributed by atoms with E-state index in [-0.39, 0.29) is 17.9 Å². The average Bonchev–Trinajstić information content (AvgIpc) is 3.01. The molecule has 4 rings (SSSR count). The van der Waals surface area contributed by atoms with Crippen molar-refractivity contribution in [1.82, 2.24) is 15.1 Å². The van der Waals surface area contributed by atoms with Gasteiger partial charge in [-0.2, -0.15) is 0 Å². The first-order chi connectivity index (χ1) is 12.6. The molecule has 1 atom stereocenters. The van der Waals surface area contributed by atoms with Crippen LogP contribution in [0.2, 0.25) is 5.02 Å². The van der Waals surface area contributed by atoms with E-state index in [9.17, 15) is 9.59 Å². The molecule has 3 aliphatic rings. The van der Waals surface area contributed by atoms with E-state index >= 15 is 0 Å². The number of amides is 2. The number of nitrogens with one attached hydrogen (secondary N) is 1. The summed E-state index contributed by atoms with van der Waals surface area (Å²) in [7, 11) is 0. The molecule has 0 aromatic heterocycles. The van der Waals surface area contributed by atoms with Gasteiger partial charge in [0.2, 0.25) is 11.8 Å². The second kappa shape index (κ2) is 7.55. The van der Waals surface area contributed by atoms with E-state index in [1.54, 1.807) is 0 Å². The highest BCUT2D eigenvalue weighted by Crippen LogP contribution is 2.24. The number of hydrogen-bond acceptors (Lipinski definition) is 5. The largest absolute Gasteiger partial charge is 0.369 e. The number of rotatable bonds is 3. The topological polar surface area (TPSA) is 55.9 Å². The molecule has 7 heteroatoms. The van der Waals surface area contributed by atoms with Crippen molar-refractivity contribution < 1.29 is 9.59 Å². The maximum absolute atomic E-state index is 11.9. The zero-order valence-electron chi connectivity index (χ0n) is 14.9. The quantitative estimate of drug-likeness (QED) is 0.807. The lowest BCUT2D eigenvalue weighted by atomic mass is 10.00. The van der Waals surface area contributed by atoms with Crippen LogP contribution in [0.25, 0.3) is 0 Å². The summed E-state index contributed by atoms with van der Waals surface area (Å²) in [6.45, 7) is 5.98. The van der Waals surface area contributed by atoms with Crippen LogP contribution in [0, 0.1) is 0 Å². The fourth-order valence-corrected chi connectivity index (χ4v) is 4.52. The summed E-state index contributed by atoms with van der Waals surface area (Å²) in [5.41, 5.74) is 1.24. The molecule has 0 aliphatic carbocycles. The molecular formula is C19H25ClN4O2. The van der Waals surface area contributed by atoms with Gasteiger partial charge in [-0.05, 0) is 37.1 Å². The van der Waals surface area contributed by atoms with Crippen LogP contribution in [0.3, 0.4) is 0 Å². The van der Waals surface area contributed by atoms with Crippen LogP contribution in [0.4, 0.5) is 5.69 Å². The number of likely N-dealkylation sites (tertiary alicyclic amines) is 1. The van der Waals surface area contributed by atoms with Crippen molar-refractivity contribution in [2.45, 2.75) is 31.3 Å². The molecule has 6 nitrogen and oxygen atoms in total. The molecule has 0 saturated carbocycles. The van der Waals surface area contributed by atoms with Crippen molar-refractivity contribution >= 4 is 29.1 Å². The first-order valence-electron chi connectivity index (χ1n) is 9.42. The zero-order chi connectivity index (χ0) is 18.1. The molecule has 1 aromatic carbocycles. The highest BCUT2D eigenvalue weighted by molar-refractivity contribution is 6.30. The first kappa shape index (κ1) is 17.8. The number of imide groups is 1. The Morgan fingerprint density at radius 1 is 0.885 bits per heavy atom. The molecule has 1 N–H and O–H groups in total. The summed E-state index contributed by atoms with van der Waals surface area (Å²) in [5, 5.41) is 3.19. The van der Waals surface area contributed by atoms with Crippen LogP contribution in [0.1, 0.15) is 19.3 Å². The lowest BCUT2D eigenvalue weighted by molar-refractivity contribution is -0.126. The number of hydrogen-bond donors (Lipinski definition) is 1. The van der Waals surface area contributed by atoms with E-state index in [1.165, 1.54) is 5.69 Å². The average molecular weight is 377 g/mol. The number of carbonyl (C=O) groups excluding carboxylic acids is 2. The molecule has 26 heavy (non-hydrogen) atoms. The van der Waals surface area contributed by atoms with Crippen molar-refractivity contribution in [2.75, 3.05) is 44.2 Å². The monoisotopic (exact) mass is 376 g/mol. The normalized spacial score (nSPS) is 26.3. The van der Waals surface area contributed by atoms with E-state index in [1.807, 2.05) is 12.1 Å². The third-order valence-corrected chi connectivity index (χ3v) is 6.16. The lowest BCUT2D eigenvalue weighted by Gasteiger charge is -2.44. The summed E-state index contributed by atoms with van der Waals surface area (Å²) >= 11 is 5.98. The Hall–Kier alpha value is -1.63. The smallest absolute Gasteiger partial charge is 0.244 e. The third kappa shape index (κ3) is 3.72. The van der Waals surface area contributed by atoms with Crippen molar-refractivity contribution in [3.8, 4) is 0 Å². The molecule has 140 valence electrons. The van der Waals surface area contributed by atoms with E-state index in [2.05, 4.69) is 32.1 Å². The summed E-state index contributed by atoms with van der Waals surface area (Å²) in [4.78, 5) is 30.4. The number of halogens is 1. The Bertz CT molecular complexity index is 665. The predicted octanol–water partition coefficient (Wildman–Crippen LogP) is 1.34. The van der Waals surface area contributed by atoms with Crippen molar-refractivity contribution in [2.24, 2.45) is 0 Å². The van der Waals surface area contributed by atoms with Gasteiger partial charge in [0, 0.05) is 56.0 Å². The number of piperidine rings is 1. The molecule has 3 heterocycles. The Kier molecular flexibility index (Phi) is 5.16.